The molecule has 0 unspecified atom stereocenters. The van der Waals surface area contributed by atoms with Crippen LogP contribution in [0.1, 0.15) is 5.82 Å². The van der Waals surface area contributed by atoms with Crippen LogP contribution in [0.25, 0.3) is 22.6 Å². The molecular formula is C15H12N4. The zero-order valence-electron chi connectivity index (χ0n) is 10.5. The van der Waals surface area contributed by atoms with Crippen LogP contribution in [0.2, 0.25) is 0 Å². The van der Waals surface area contributed by atoms with E-state index in [0.29, 0.717) is 0 Å². The molecule has 3 aromatic heterocycles. The van der Waals surface area contributed by atoms with E-state index in [1.807, 2.05) is 43.3 Å². The second-order valence-corrected chi connectivity index (χ2v) is 4.14. The van der Waals surface area contributed by atoms with Crippen LogP contribution in [0.15, 0.2) is 55.0 Å². The lowest BCUT2D eigenvalue weighted by atomic mass is 10.1. The molecule has 0 fully saturated rings. The summed E-state index contributed by atoms with van der Waals surface area (Å²) in [5, 5.41) is 0. The summed E-state index contributed by atoms with van der Waals surface area (Å²) < 4.78 is 0. The summed E-state index contributed by atoms with van der Waals surface area (Å²) in [7, 11) is 0. The molecule has 0 aliphatic rings. The molecule has 0 N–H and O–H groups in total. The second kappa shape index (κ2) is 4.94. The first-order valence-corrected chi connectivity index (χ1v) is 6.00. The maximum atomic E-state index is 4.45. The minimum absolute atomic E-state index is 0.724. The van der Waals surface area contributed by atoms with Crippen LogP contribution in [0.5, 0.6) is 0 Å². The molecule has 0 amide bonds. The van der Waals surface area contributed by atoms with Gasteiger partial charge < -0.3 is 0 Å². The van der Waals surface area contributed by atoms with E-state index >= 15 is 0 Å². The van der Waals surface area contributed by atoms with Gasteiger partial charge in [0.15, 0.2) is 0 Å². The Balaban J connectivity index is 2.12. The Morgan fingerprint density at radius 1 is 0.842 bits per heavy atom. The van der Waals surface area contributed by atoms with Crippen molar-refractivity contribution in [2.75, 3.05) is 0 Å². The molecule has 3 rings (SSSR count). The molecule has 0 spiro atoms. The molecule has 0 aromatic carbocycles. The van der Waals surface area contributed by atoms with Gasteiger partial charge in [0.25, 0.3) is 0 Å². The van der Waals surface area contributed by atoms with Crippen LogP contribution in [0, 0.1) is 6.92 Å². The molecule has 3 aromatic rings. The number of nitrogens with zero attached hydrogens (tertiary/aromatic N) is 4. The van der Waals surface area contributed by atoms with Crippen molar-refractivity contribution in [1.29, 1.82) is 0 Å². The highest BCUT2D eigenvalue weighted by atomic mass is 14.9. The lowest BCUT2D eigenvalue weighted by molar-refractivity contribution is 1.05. The molecule has 4 nitrogen and oxygen atoms in total. The van der Waals surface area contributed by atoms with Crippen molar-refractivity contribution < 1.29 is 0 Å². The van der Waals surface area contributed by atoms with Crippen molar-refractivity contribution in [3.8, 4) is 22.6 Å². The highest BCUT2D eigenvalue weighted by Crippen LogP contribution is 2.21. The molecule has 0 aliphatic carbocycles. The summed E-state index contributed by atoms with van der Waals surface area (Å²) in [6.07, 6.45) is 5.30. The van der Waals surface area contributed by atoms with E-state index in [-0.39, 0.29) is 0 Å². The zero-order chi connectivity index (χ0) is 13.1. The maximum Gasteiger partial charge on any atom is 0.126 e. The van der Waals surface area contributed by atoms with Gasteiger partial charge in [0.1, 0.15) is 5.82 Å². The van der Waals surface area contributed by atoms with Gasteiger partial charge in [-0.2, -0.15) is 0 Å². The lowest BCUT2D eigenvalue weighted by Crippen LogP contribution is -1.95. The minimum atomic E-state index is 0.724. The fourth-order valence-corrected chi connectivity index (χ4v) is 1.88. The van der Waals surface area contributed by atoms with Crippen LogP contribution in [0.3, 0.4) is 0 Å². The number of hydrogen-bond donors (Lipinski definition) is 0. The monoisotopic (exact) mass is 248 g/mol. The molecule has 0 saturated heterocycles. The standard InChI is InChI=1S/C15H12N4/c1-11-18-14(12-5-4-7-16-10-12)9-15(19-11)13-6-2-3-8-17-13/h2-10H,1H3. The molecule has 0 atom stereocenters. The molecule has 4 heteroatoms. The first-order chi connectivity index (χ1) is 9.33. The lowest BCUT2D eigenvalue weighted by Gasteiger charge is -2.05. The van der Waals surface area contributed by atoms with E-state index in [9.17, 15) is 0 Å². The predicted octanol–water partition coefficient (Wildman–Crippen LogP) is 2.91. The molecular weight excluding hydrogens is 236 g/mol. The summed E-state index contributed by atoms with van der Waals surface area (Å²) in [5.74, 6) is 0.724. The van der Waals surface area contributed by atoms with Crippen LogP contribution < -0.4 is 0 Å². The quantitative estimate of drug-likeness (QED) is 0.699. The predicted molar refractivity (Wildman–Crippen MR) is 73.2 cm³/mol. The first-order valence-electron chi connectivity index (χ1n) is 6.00. The summed E-state index contributed by atoms with van der Waals surface area (Å²) >= 11 is 0. The van der Waals surface area contributed by atoms with Crippen molar-refractivity contribution in [3.63, 3.8) is 0 Å². The van der Waals surface area contributed by atoms with Gasteiger partial charge in [0.05, 0.1) is 17.1 Å². The van der Waals surface area contributed by atoms with E-state index in [1.54, 1.807) is 18.6 Å². The van der Waals surface area contributed by atoms with E-state index < -0.39 is 0 Å². The summed E-state index contributed by atoms with van der Waals surface area (Å²) in [6.45, 7) is 1.88. The first kappa shape index (κ1) is 11.5. The Kier molecular flexibility index (Phi) is 2.98. The Hall–Kier alpha value is -2.62. The van der Waals surface area contributed by atoms with Crippen molar-refractivity contribution in [2.24, 2.45) is 0 Å². The Morgan fingerprint density at radius 2 is 1.74 bits per heavy atom. The largest absolute Gasteiger partial charge is 0.264 e. The van der Waals surface area contributed by atoms with Gasteiger partial charge in [-0.1, -0.05) is 6.07 Å². The Bertz CT molecular complexity index is 623. The van der Waals surface area contributed by atoms with Crippen molar-refractivity contribution in [1.82, 2.24) is 19.9 Å². The van der Waals surface area contributed by atoms with Gasteiger partial charge in [-0.3, -0.25) is 9.97 Å². The Labute approximate surface area is 111 Å². The minimum Gasteiger partial charge on any atom is -0.264 e. The third kappa shape index (κ3) is 2.47. The summed E-state index contributed by atoms with van der Waals surface area (Å²) in [6, 6.07) is 11.6. The normalized spacial score (nSPS) is 10.4. The molecule has 3 heterocycles. The average molecular weight is 248 g/mol. The van der Waals surface area contributed by atoms with Crippen molar-refractivity contribution >= 4 is 0 Å². The van der Waals surface area contributed by atoms with Crippen LogP contribution in [-0.2, 0) is 0 Å². The second-order valence-electron chi connectivity index (χ2n) is 4.14. The fraction of sp³-hybridized carbons (Fsp3) is 0.0667. The third-order valence-electron chi connectivity index (χ3n) is 2.72. The third-order valence-corrected chi connectivity index (χ3v) is 2.72. The molecule has 0 aliphatic heterocycles. The molecule has 0 bridgehead atoms. The van der Waals surface area contributed by atoms with Crippen molar-refractivity contribution in [2.45, 2.75) is 6.92 Å². The van der Waals surface area contributed by atoms with E-state index in [4.69, 9.17) is 0 Å². The number of aromatic nitrogens is 4. The van der Waals surface area contributed by atoms with Crippen LogP contribution >= 0.6 is 0 Å². The number of rotatable bonds is 2. The number of aryl methyl sites for hydroxylation is 1. The molecule has 92 valence electrons. The van der Waals surface area contributed by atoms with E-state index in [0.717, 1.165) is 28.5 Å². The average Bonchev–Trinajstić information content (AvgIpc) is 2.48. The van der Waals surface area contributed by atoms with Crippen LogP contribution in [0.4, 0.5) is 0 Å². The van der Waals surface area contributed by atoms with Gasteiger partial charge in [0.2, 0.25) is 0 Å². The maximum absolute atomic E-state index is 4.45. The van der Waals surface area contributed by atoms with E-state index in [2.05, 4.69) is 19.9 Å². The van der Waals surface area contributed by atoms with Crippen molar-refractivity contribution in [3.05, 3.63) is 60.8 Å². The van der Waals surface area contributed by atoms with Crippen LogP contribution in [-0.4, -0.2) is 19.9 Å². The van der Waals surface area contributed by atoms with Gasteiger partial charge in [-0.25, -0.2) is 9.97 Å². The topological polar surface area (TPSA) is 51.6 Å². The smallest absolute Gasteiger partial charge is 0.126 e. The molecule has 0 saturated carbocycles. The SMILES string of the molecule is Cc1nc(-c2cccnc2)cc(-c2ccccn2)n1. The molecule has 0 radical (unpaired) electrons. The fourth-order valence-electron chi connectivity index (χ4n) is 1.88. The summed E-state index contributed by atoms with van der Waals surface area (Å²) in [4.78, 5) is 17.3. The van der Waals surface area contributed by atoms with Gasteiger partial charge >= 0.3 is 0 Å². The highest BCUT2D eigenvalue weighted by molar-refractivity contribution is 5.65. The number of hydrogen-bond acceptors (Lipinski definition) is 4. The van der Waals surface area contributed by atoms with Gasteiger partial charge in [-0.15, -0.1) is 0 Å². The Morgan fingerprint density at radius 3 is 2.47 bits per heavy atom. The van der Waals surface area contributed by atoms with Gasteiger partial charge in [0, 0.05) is 24.2 Å². The zero-order valence-corrected chi connectivity index (χ0v) is 10.5. The van der Waals surface area contributed by atoms with E-state index in [1.165, 1.54) is 0 Å². The number of pyridine rings is 2. The highest BCUT2D eigenvalue weighted by Gasteiger charge is 2.06. The summed E-state index contributed by atoms with van der Waals surface area (Å²) in [5.41, 5.74) is 3.51. The molecule has 19 heavy (non-hydrogen) atoms. The van der Waals surface area contributed by atoms with Gasteiger partial charge in [-0.05, 0) is 37.3 Å².